The Balaban J connectivity index is 1.72. The molecule has 0 saturated carbocycles. The van der Waals surface area contributed by atoms with Gasteiger partial charge in [-0.3, -0.25) is 0 Å². The van der Waals surface area contributed by atoms with Crippen LogP contribution in [-0.2, 0) is 42.5 Å². The molecule has 0 fully saturated rings. The monoisotopic (exact) mass is 520 g/mol. The van der Waals surface area contributed by atoms with Crippen LogP contribution in [0.3, 0.4) is 0 Å². The molecule has 35 heavy (non-hydrogen) atoms. The Labute approximate surface area is 201 Å². The van der Waals surface area contributed by atoms with Gasteiger partial charge < -0.3 is 8.92 Å². The minimum Gasteiger partial charge on any atom is -0.457 e. The van der Waals surface area contributed by atoms with Gasteiger partial charge in [0.2, 0.25) is 0 Å². The third kappa shape index (κ3) is 8.07. The third-order valence-electron chi connectivity index (χ3n) is 5.42. The molecule has 1 aliphatic carbocycles. The number of hydrogen-bond acceptors (Lipinski definition) is 8. The predicted octanol–water partition coefficient (Wildman–Crippen LogP) is 4.77. The van der Waals surface area contributed by atoms with Gasteiger partial charge in [0, 0.05) is 17.9 Å². The Hall–Kier alpha value is -2.38. The van der Waals surface area contributed by atoms with Crippen molar-refractivity contribution in [2.24, 2.45) is 5.41 Å². The Bertz CT molecular complexity index is 1080. The second kappa shape index (κ2) is 11.6. The van der Waals surface area contributed by atoms with Crippen LogP contribution in [0.25, 0.3) is 0 Å². The van der Waals surface area contributed by atoms with Crippen molar-refractivity contribution in [3.05, 3.63) is 53.6 Å². The lowest BCUT2D eigenvalue weighted by atomic mass is 9.87. The molecule has 12 heteroatoms. The normalized spacial score (nSPS) is 15.1. The minimum absolute atomic E-state index is 0.0570. The van der Waals surface area contributed by atoms with E-state index in [1.54, 1.807) is 12.1 Å². The van der Waals surface area contributed by atoms with Crippen LogP contribution < -0.4 is 8.92 Å². The molecule has 0 atom stereocenters. The van der Waals surface area contributed by atoms with Crippen molar-refractivity contribution in [3.8, 4) is 17.2 Å². The van der Waals surface area contributed by atoms with Gasteiger partial charge in [-0.1, -0.05) is 18.2 Å². The summed E-state index contributed by atoms with van der Waals surface area (Å²) in [6.07, 6.45) is -5.04. The first-order valence-electron chi connectivity index (χ1n) is 10.7. The van der Waals surface area contributed by atoms with E-state index in [1.165, 1.54) is 32.4 Å². The van der Waals surface area contributed by atoms with Gasteiger partial charge >= 0.3 is 16.3 Å². The molecule has 0 N–H and O–H groups in total. The summed E-state index contributed by atoms with van der Waals surface area (Å²) >= 11 is 0. The molecule has 2 aromatic carbocycles. The Kier molecular flexibility index (Phi) is 9.00. The highest BCUT2D eigenvalue weighted by atomic mass is 32.2. The summed E-state index contributed by atoms with van der Waals surface area (Å²) in [6.45, 7) is 0.521. The maximum atomic E-state index is 12.3. The number of halogens is 3. The lowest BCUT2D eigenvalue weighted by molar-refractivity contribution is -0.322. The molecule has 0 bridgehead atoms. The average molecular weight is 521 g/mol. The molecule has 1 aliphatic rings. The summed E-state index contributed by atoms with van der Waals surface area (Å²) in [5, 5.41) is 0. The van der Waals surface area contributed by atoms with E-state index in [4.69, 9.17) is 28.5 Å². The summed E-state index contributed by atoms with van der Waals surface area (Å²) < 4.78 is 72.1. The van der Waals surface area contributed by atoms with E-state index >= 15 is 0 Å². The fourth-order valence-electron chi connectivity index (χ4n) is 3.88. The highest BCUT2D eigenvalue weighted by molar-refractivity contribution is 7.87. The van der Waals surface area contributed by atoms with E-state index in [0.29, 0.717) is 24.3 Å². The summed E-state index contributed by atoms with van der Waals surface area (Å²) in [5.74, 6) is 0.0573. The molecule has 0 aromatic heterocycles. The van der Waals surface area contributed by atoms with E-state index in [9.17, 15) is 21.6 Å². The number of benzene rings is 2. The van der Waals surface area contributed by atoms with Gasteiger partial charge in [0.15, 0.2) is 0 Å². The second-order valence-corrected chi connectivity index (χ2v) is 9.94. The molecule has 0 radical (unpaired) electrons. The SMILES string of the molecule is COOCC1(COOC)Cc2cccc(Oc3cccc(OS(=O)(=O)CCCC(F)(F)F)c3)c2C1. The zero-order valence-electron chi connectivity index (χ0n) is 19.3. The van der Waals surface area contributed by atoms with Crippen molar-refractivity contribution in [1.82, 2.24) is 0 Å². The van der Waals surface area contributed by atoms with Crippen molar-refractivity contribution < 1.29 is 50.1 Å². The summed E-state index contributed by atoms with van der Waals surface area (Å²) in [5.41, 5.74) is 1.52. The van der Waals surface area contributed by atoms with Crippen molar-refractivity contribution in [2.75, 3.05) is 33.2 Å². The highest BCUT2D eigenvalue weighted by Gasteiger charge is 2.40. The molecule has 0 saturated heterocycles. The van der Waals surface area contributed by atoms with E-state index < -0.39 is 40.3 Å². The van der Waals surface area contributed by atoms with Gasteiger partial charge in [0.1, 0.15) is 17.2 Å². The van der Waals surface area contributed by atoms with Gasteiger partial charge in [-0.2, -0.15) is 21.6 Å². The minimum atomic E-state index is -4.43. The largest absolute Gasteiger partial charge is 0.457 e. The summed E-state index contributed by atoms with van der Waals surface area (Å²) in [7, 11) is -1.35. The zero-order valence-corrected chi connectivity index (χ0v) is 20.1. The number of hydrogen-bond donors (Lipinski definition) is 0. The van der Waals surface area contributed by atoms with Crippen molar-refractivity contribution in [2.45, 2.75) is 31.9 Å². The molecule has 0 heterocycles. The smallest absolute Gasteiger partial charge is 0.389 e. The van der Waals surface area contributed by atoms with Crippen LogP contribution in [0.4, 0.5) is 13.2 Å². The first-order valence-corrected chi connectivity index (χ1v) is 12.3. The van der Waals surface area contributed by atoms with Gasteiger partial charge in [0.05, 0.1) is 33.2 Å². The topological polar surface area (TPSA) is 89.5 Å². The van der Waals surface area contributed by atoms with Crippen molar-refractivity contribution in [1.29, 1.82) is 0 Å². The molecular weight excluding hydrogens is 493 g/mol. The molecule has 3 rings (SSSR count). The molecule has 8 nitrogen and oxygen atoms in total. The average Bonchev–Trinajstić information content (AvgIpc) is 3.15. The number of ether oxygens (including phenoxy) is 1. The van der Waals surface area contributed by atoms with Crippen LogP contribution in [0, 0.1) is 5.41 Å². The van der Waals surface area contributed by atoms with Crippen LogP contribution in [0.1, 0.15) is 24.0 Å². The van der Waals surface area contributed by atoms with Gasteiger partial charge in [0.25, 0.3) is 0 Å². The lowest BCUT2D eigenvalue weighted by Crippen LogP contribution is -2.33. The molecule has 0 spiro atoms. The fraction of sp³-hybridized carbons (Fsp3) is 0.478. The van der Waals surface area contributed by atoms with Crippen molar-refractivity contribution in [3.63, 3.8) is 0 Å². The van der Waals surface area contributed by atoms with Gasteiger partial charge in [-0.25, -0.2) is 19.6 Å². The Morgan fingerprint density at radius 3 is 2.26 bits per heavy atom. The van der Waals surface area contributed by atoms with E-state index in [2.05, 4.69) is 0 Å². The lowest BCUT2D eigenvalue weighted by Gasteiger charge is -2.26. The van der Waals surface area contributed by atoms with Crippen LogP contribution in [-0.4, -0.2) is 47.8 Å². The second-order valence-electron chi connectivity index (χ2n) is 8.25. The fourth-order valence-corrected chi connectivity index (χ4v) is 4.86. The number of rotatable bonds is 13. The maximum Gasteiger partial charge on any atom is 0.389 e. The van der Waals surface area contributed by atoms with Crippen LogP contribution in [0.15, 0.2) is 42.5 Å². The van der Waals surface area contributed by atoms with Gasteiger partial charge in [-0.15, -0.1) is 0 Å². The zero-order chi connectivity index (χ0) is 25.5. The first kappa shape index (κ1) is 27.2. The molecule has 0 amide bonds. The molecular formula is C23H27F3O8S. The molecule has 2 aromatic rings. The number of alkyl halides is 3. The third-order valence-corrected chi connectivity index (χ3v) is 6.66. The van der Waals surface area contributed by atoms with E-state index in [1.807, 2.05) is 12.1 Å². The summed E-state index contributed by atoms with van der Waals surface area (Å²) in [4.78, 5) is 20.0. The predicted molar refractivity (Wildman–Crippen MR) is 118 cm³/mol. The Morgan fingerprint density at radius 2 is 1.60 bits per heavy atom. The molecule has 0 unspecified atom stereocenters. The van der Waals surface area contributed by atoms with E-state index in [-0.39, 0.29) is 19.0 Å². The maximum absolute atomic E-state index is 12.3. The van der Waals surface area contributed by atoms with Crippen LogP contribution in [0.5, 0.6) is 17.2 Å². The van der Waals surface area contributed by atoms with Crippen molar-refractivity contribution >= 4 is 10.1 Å². The van der Waals surface area contributed by atoms with Gasteiger partial charge in [-0.05, 0) is 48.6 Å². The standard InChI is InChI=1S/C23H27F3O8S/c1-29-31-15-22(16-32-30-2)13-17-6-3-9-21(20(17)14-22)33-18-7-4-8-19(12-18)34-35(27,28)11-5-10-23(24,25)26/h3-4,6-9,12H,5,10-11,13-16H2,1-2H3. The van der Waals surface area contributed by atoms with Crippen LogP contribution in [0.2, 0.25) is 0 Å². The first-order chi connectivity index (χ1) is 16.5. The van der Waals surface area contributed by atoms with Crippen LogP contribution >= 0.6 is 0 Å². The highest BCUT2D eigenvalue weighted by Crippen LogP contribution is 2.43. The van der Waals surface area contributed by atoms with E-state index in [0.717, 1.165) is 11.1 Å². The quantitative estimate of drug-likeness (QED) is 0.212. The summed E-state index contributed by atoms with van der Waals surface area (Å²) in [6, 6.07) is 11.5. The molecule has 0 aliphatic heterocycles. The molecule has 194 valence electrons. The Morgan fingerprint density at radius 1 is 0.943 bits per heavy atom. The number of fused-ring (bicyclic) bond motifs is 1.